The molecule has 0 aliphatic heterocycles. The van der Waals surface area contributed by atoms with Crippen LogP contribution in [0.3, 0.4) is 0 Å². The maximum absolute atomic E-state index is 12.3. The van der Waals surface area contributed by atoms with Gasteiger partial charge >= 0.3 is 0 Å². The van der Waals surface area contributed by atoms with E-state index in [-0.39, 0.29) is 11.7 Å². The predicted octanol–water partition coefficient (Wildman–Crippen LogP) is 3.95. The van der Waals surface area contributed by atoms with Crippen molar-refractivity contribution in [2.45, 2.75) is 12.1 Å². The number of nitrogens with one attached hydrogen (secondary N) is 2. The van der Waals surface area contributed by atoms with Crippen LogP contribution in [0.2, 0.25) is 10.0 Å². The average Bonchev–Trinajstić information content (AvgIpc) is 3.17. The second-order valence-electron chi connectivity index (χ2n) is 5.49. The summed E-state index contributed by atoms with van der Waals surface area (Å²) in [7, 11) is 0. The van der Waals surface area contributed by atoms with Crippen LogP contribution in [0.1, 0.15) is 5.69 Å². The molecule has 0 radical (unpaired) electrons. The average molecular weight is 407 g/mol. The van der Waals surface area contributed by atoms with Crippen LogP contribution in [-0.2, 0) is 4.79 Å². The van der Waals surface area contributed by atoms with Crippen LogP contribution in [0, 0.1) is 6.92 Å². The molecule has 0 bridgehead atoms. The zero-order valence-corrected chi connectivity index (χ0v) is 15.8. The molecule has 0 unspecified atom stereocenters. The number of pyridine rings is 1. The number of anilines is 1. The van der Waals surface area contributed by atoms with Gasteiger partial charge in [-0.25, -0.2) is 15.1 Å². The van der Waals surface area contributed by atoms with Crippen LogP contribution in [0.4, 0.5) is 5.82 Å². The number of aryl methyl sites for hydroxylation is 1. The molecule has 26 heavy (non-hydrogen) atoms. The third-order valence-electron chi connectivity index (χ3n) is 3.70. The van der Waals surface area contributed by atoms with E-state index in [0.29, 0.717) is 32.5 Å². The number of carbonyl (C=O) groups excluding carboxylic acids is 1. The van der Waals surface area contributed by atoms with Crippen molar-refractivity contribution >= 4 is 63.5 Å². The molecule has 132 valence electrons. The Morgan fingerprint density at radius 2 is 2.08 bits per heavy atom. The largest absolute Gasteiger partial charge is 0.309 e. The number of amides is 1. The number of H-pyrrole nitrogens is 1. The van der Waals surface area contributed by atoms with Crippen LogP contribution < -0.4 is 5.32 Å². The Kier molecular flexibility index (Phi) is 4.47. The van der Waals surface area contributed by atoms with E-state index in [1.807, 2.05) is 28.7 Å². The van der Waals surface area contributed by atoms with Gasteiger partial charge in [0.15, 0.2) is 11.0 Å². The summed E-state index contributed by atoms with van der Waals surface area (Å²) < 4.78 is 1.88. The quantitative estimate of drug-likeness (QED) is 0.500. The summed E-state index contributed by atoms with van der Waals surface area (Å²) in [5, 5.41) is 11.2. The molecule has 4 rings (SSSR count). The molecule has 0 atom stereocenters. The lowest BCUT2D eigenvalue weighted by molar-refractivity contribution is -0.113. The number of halogens is 2. The van der Waals surface area contributed by atoms with Gasteiger partial charge in [-0.15, -0.1) is 5.10 Å². The maximum Gasteiger partial charge on any atom is 0.236 e. The van der Waals surface area contributed by atoms with Gasteiger partial charge in [-0.3, -0.25) is 9.20 Å². The van der Waals surface area contributed by atoms with Gasteiger partial charge in [0.2, 0.25) is 11.7 Å². The van der Waals surface area contributed by atoms with Crippen molar-refractivity contribution in [3.05, 3.63) is 46.1 Å². The summed E-state index contributed by atoms with van der Waals surface area (Å²) >= 11 is 13.3. The molecule has 1 amide bonds. The summed E-state index contributed by atoms with van der Waals surface area (Å²) in [5.74, 6) is 0.824. The monoisotopic (exact) mass is 406 g/mol. The predicted molar refractivity (Wildman–Crippen MR) is 103 cm³/mol. The first-order valence-corrected chi connectivity index (χ1v) is 9.34. The highest BCUT2D eigenvalue weighted by Crippen LogP contribution is 2.26. The van der Waals surface area contributed by atoms with Gasteiger partial charge in [0.1, 0.15) is 0 Å². The van der Waals surface area contributed by atoms with Crippen molar-refractivity contribution in [3.8, 4) is 0 Å². The first kappa shape index (κ1) is 17.1. The summed E-state index contributed by atoms with van der Waals surface area (Å²) in [4.78, 5) is 20.9. The fourth-order valence-electron chi connectivity index (χ4n) is 2.48. The molecular formula is C16H12Cl2N6OS. The standard InChI is InChI=1S/C16H12Cl2N6OS/c1-8-9(17)6-10(18)14(19-8)21-13(25)7-26-16-23-22-15-20-11-4-2-3-5-12(11)24(15)16/h2-6H,7H2,1H3,(H,20,22)(H,19,21,25). The van der Waals surface area contributed by atoms with Gasteiger partial charge in [0, 0.05) is 0 Å². The minimum Gasteiger partial charge on any atom is -0.309 e. The number of carbonyl (C=O) groups is 1. The summed E-state index contributed by atoms with van der Waals surface area (Å²) in [6, 6.07) is 9.29. The molecule has 3 aromatic heterocycles. The third-order valence-corrected chi connectivity index (χ3v) is 5.31. The van der Waals surface area contributed by atoms with Crippen LogP contribution in [0.5, 0.6) is 0 Å². The number of benzene rings is 1. The van der Waals surface area contributed by atoms with E-state index in [0.717, 1.165) is 11.0 Å². The fourth-order valence-corrected chi connectivity index (χ4v) is 3.65. The molecule has 0 aliphatic rings. The molecule has 10 heteroatoms. The number of aromatic nitrogens is 5. The highest BCUT2D eigenvalue weighted by atomic mass is 35.5. The van der Waals surface area contributed by atoms with Gasteiger partial charge in [-0.05, 0) is 25.1 Å². The molecular weight excluding hydrogens is 395 g/mol. The van der Waals surface area contributed by atoms with Gasteiger partial charge in [-0.1, -0.05) is 47.1 Å². The Morgan fingerprint density at radius 3 is 2.92 bits per heavy atom. The molecule has 2 N–H and O–H groups in total. The lowest BCUT2D eigenvalue weighted by atomic mass is 10.3. The van der Waals surface area contributed by atoms with E-state index in [1.165, 1.54) is 11.8 Å². The second-order valence-corrected chi connectivity index (χ2v) is 7.25. The minimum atomic E-state index is -0.244. The number of thioether (sulfide) groups is 1. The highest BCUT2D eigenvalue weighted by molar-refractivity contribution is 7.99. The van der Waals surface area contributed by atoms with Gasteiger partial charge in [-0.2, -0.15) is 0 Å². The maximum atomic E-state index is 12.3. The molecule has 4 aromatic rings. The van der Waals surface area contributed by atoms with Crippen LogP contribution in [0.15, 0.2) is 35.5 Å². The third kappa shape index (κ3) is 3.11. The van der Waals surface area contributed by atoms with E-state index in [4.69, 9.17) is 23.2 Å². The summed E-state index contributed by atoms with van der Waals surface area (Å²) in [6.07, 6.45) is 0. The molecule has 0 spiro atoms. The Bertz CT molecular complexity index is 1140. The first-order chi connectivity index (χ1) is 12.5. The van der Waals surface area contributed by atoms with Crippen molar-refractivity contribution in [2.75, 3.05) is 11.1 Å². The molecule has 0 saturated carbocycles. The number of hydrogen-bond acceptors (Lipinski definition) is 5. The zero-order valence-electron chi connectivity index (χ0n) is 13.5. The van der Waals surface area contributed by atoms with Gasteiger partial charge < -0.3 is 5.32 Å². The Morgan fingerprint density at radius 1 is 1.27 bits per heavy atom. The lowest BCUT2D eigenvalue weighted by Gasteiger charge is -2.08. The number of aromatic amines is 1. The van der Waals surface area contributed by atoms with E-state index < -0.39 is 0 Å². The lowest BCUT2D eigenvalue weighted by Crippen LogP contribution is -2.16. The van der Waals surface area contributed by atoms with Crippen molar-refractivity contribution < 1.29 is 4.79 Å². The minimum absolute atomic E-state index is 0.145. The van der Waals surface area contributed by atoms with Crippen LogP contribution in [-0.4, -0.2) is 36.2 Å². The Labute approximate surface area is 162 Å². The topological polar surface area (TPSA) is 88.0 Å². The number of hydrogen-bond donors (Lipinski definition) is 2. The van der Waals surface area contributed by atoms with E-state index in [1.54, 1.807) is 13.0 Å². The SMILES string of the molecule is Cc1nc(NC(=O)CSc2n[nH]c3nc4ccccc4n23)c(Cl)cc1Cl. The second kappa shape index (κ2) is 6.79. The molecule has 0 aliphatic carbocycles. The number of fused-ring (bicyclic) bond motifs is 3. The molecule has 1 aromatic carbocycles. The fraction of sp³-hybridized carbons (Fsp3) is 0.125. The number of nitrogens with zero attached hydrogens (tertiary/aromatic N) is 4. The number of imidazole rings is 1. The Hall–Kier alpha value is -2.29. The van der Waals surface area contributed by atoms with E-state index in [2.05, 4.69) is 25.5 Å². The normalized spacial score (nSPS) is 11.3. The molecule has 7 nitrogen and oxygen atoms in total. The smallest absolute Gasteiger partial charge is 0.236 e. The summed E-state index contributed by atoms with van der Waals surface area (Å²) in [6.45, 7) is 1.74. The van der Waals surface area contributed by atoms with Crippen molar-refractivity contribution in [1.82, 2.24) is 24.6 Å². The number of rotatable bonds is 4. The number of para-hydroxylation sites is 2. The Balaban J connectivity index is 1.51. The molecule has 3 heterocycles. The highest BCUT2D eigenvalue weighted by Gasteiger charge is 2.15. The van der Waals surface area contributed by atoms with Gasteiger partial charge in [0.25, 0.3) is 0 Å². The zero-order chi connectivity index (χ0) is 18.3. The van der Waals surface area contributed by atoms with Crippen molar-refractivity contribution in [3.63, 3.8) is 0 Å². The van der Waals surface area contributed by atoms with Crippen LogP contribution in [0.25, 0.3) is 16.8 Å². The molecule has 0 fully saturated rings. The first-order valence-electron chi connectivity index (χ1n) is 7.60. The summed E-state index contributed by atoms with van der Waals surface area (Å²) in [5.41, 5.74) is 2.38. The molecule has 0 saturated heterocycles. The van der Waals surface area contributed by atoms with Crippen molar-refractivity contribution in [1.29, 1.82) is 0 Å². The van der Waals surface area contributed by atoms with E-state index in [9.17, 15) is 4.79 Å². The van der Waals surface area contributed by atoms with E-state index >= 15 is 0 Å². The van der Waals surface area contributed by atoms with Crippen molar-refractivity contribution in [2.24, 2.45) is 0 Å². The van der Waals surface area contributed by atoms with Gasteiger partial charge in [0.05, 0.1) is 32.5 Å². The van der Waals surface area contributed by atoms with Crippen LogP contribution >= 0.6 is 35.0 Å².